The number of anilines is 1. The smallest absolute Gasteiger partial charge is 0.345 e. The predicted molar refractivity (Wildman–Crippen MR) is 186 cm³/mol. The number of hydrogen-bond acceptors (Lipinski definition) is 5. The van der Waals surface area contributed by atoms with Crippen molar-refractivity contribution in [2.24, 2.45) is 14.1 Å². The van der Waals surface area contributed by atoms with Gasteiger partial charge in [0.15, 0.2) is 25.1 Å². The summed E-state index contributed by atoms with van der Waals surface area (Å²) in [5.74, 6) is 12.8. The molecule has 1 aromatic carbocycles. The Morgan fingerprint density at radius 2 is 1.44 bits per heavy atom. The first kappa shape index (κ1) is 30.2. The summed E-state index contributed by atoms with van der Waals surface area (Å²) >= 11 is 0. The Hall–Kier alpha value is -7.11. The molecule has 0 radical (unpaired) electrons. The Balaban J connectivity index is 0.000000145. The second-order valence-corrected chi connectivity index (χ2v) is 12.1. The number of fused-ring (bicyclic) bond motifs is 7. The summed E-state index contributed by atoms with van der Waals surface area (Å²) in [7, 11) is 3.51. The maximum absolute atomic E-state index is 11.8. The van der Waals surface area contributed by atoms with Crippen LogP contribution in [0.5, 0.6) is 0 Å². The largest absolute Gasteiger partial charge is 0.383 e. The van der Waals surface area contributed by atoms with Crippen LogP contribution in [0.4, 0.5) is 5.82 Å². The van der Waals surface area contributed by atoms with E-state index < -0.39 is 11.2 Å². The first-order valence-corrected chi connectivity index (χ1v) is 15.9. The molecule has 8 heterocycles. The van der Waals surface area contributed by atoms with Gasteiger partial charge in [-0.2, -0.15) is 4.57 Å². The Morgan fingerprint density at radius 1 is 0.740 bits per heavy atom. The van der Waals surface area contributed by atoms with E-state index in [1.54, 1.807) is 7.05 Å². The summed E-state index contributed by atoms with van der Waals surface area (Å²) in [6.07, 6.45) is 11.0. The number of rotatable bonds is 0. The van der Waals surface area contributed by atoms with Crippen molar-refractivity contribution in [1.82, 2.24) is 24.1 Å². The van der Waals surface area contributed by atoms with Gasteiger partial charge in [-0.05, 0) is 24.3 Å². The van der Waals surface area contributed by atoms with Crippen LogP contribution in [0.1, 0.15) is 27.8 Å². The van der Waals surface area contributed by atoms with E-state index in [-0.39, 0.29) is 5.56 Å². The minimum atomic E-state index is -0.470. The van der Waals surface area contributed by atoms with E-state index in [1.807, 2.05) is 54.5 Å². The van der Waals surface area contributed by atoms with E-state index in [0.29, 0.717) is 5.82 Å². The molecule has 2 aliphatic heterocycles. The molecule has 11 nitrogen and oxygen atoms in total. The molecule has 0 aliphatic carbocycles. The van der Waals surface area contributed by atoms with Crippen molar-refractivity contribution >= 4 is 16.9 Å². The van der Waals surface area contributed by atoms with Gasteiger partial charge in [0, 0.05) is 56.3 Å². The third kappa shape index (κ3) is 5.49. The van der Waals surface area contributed by atoms with Gasteiger partial charge in [-0.25, -0.2) is 14.8 Å². The number of hydrogen-bond donors (Lipinski definition) is 2. The standard InChI is InChI=1S/C21H16N5.C18H13N4O2/c1-25-11-16(19-20(22)23-13-24-21(19)25)8-6-14-7-9-18-17-5-3-2-4-15(17)12-26(18)10-14;1-20-11-14(17(23)19-18(20)24)7-5-13-6-8-16-15-4-2-3-9-21(15)12-22(16)10-13/h2-5,7,9-11,13H,12H2,1H3,(H2,22,23,24);2-4,6,8-11H,12H2,1H3/q2*+1/p+1. The van der Waals surface area contributed by atoms with Crippen molar-refractivity contribution in [3.63, 3.8) is 0 Å². The molecule has 7 aromatic rings. The summed E-state index contributed by atoms with van der Waals surface area (Å²) in [5, 5.41) is 0.809. The fourth-order valence-corrected chi connectivity index (χ4v) is 6.31. The molecule has 6 aromatic heterocycles. The lowest BCUT2D eigenvalue weighted by Crippen LogP contribution is -2.45. The lowest BCUT2D eigenvalue weighted by Gasteiger charge is -1.96. The lowest BCUT2D eigenvalue weighted by atomic mass is 10.1. The molecule has 0 saturated carbocycles. The second kappa shape index (κ2) is 12.2. The van der Waals surface area contributed by atoms with Crippen molar-refractivity contribution in [3.8, 4) is 46.3 Å². The van der Waals surface area contributed by atoms with E-state index in [1.165, 1.54) is 33.9 Å². The van der Waals surface area contributed by atoms with Gasteiger partial charge in [-0.3, -0.25) is 9.78 Å². The van der Waals surface area contributed by atoms with Gasteiger partial charge in [0.2, 0.25) is 5.69 Å². The number of H-pyrrole nitrogens is 1. The average molecular weight is 657 g/mol. The first-order valence-electron chi connectivity index (χ1n) is 15.9. The highest BCUT2D eigenvalue weighted by Gasteiger charge is 2.32. The molecule has 0 saturated heterocycles. The van der Waals surface area contributed by atoms with Gasteiger partial charge in [0.05, 0.1) is 27.6 Å². The van der Waals surface area contributed by atoms with Gasteiger partial charge in [0.25, 0.3) is 16.9 Å². The number of nitrogens with two attached hydrogens (primary N) is 1. The highest BCUT2D eigenvalue weighted by atomic mass is 16.2. The molecule has 0 bridgehead atoms. The summed E-state index contributed by atoms with van der Waals surface area (Å²) in [4.78, 5) is 33.7. The Morgan fingerprint density at radius 3 is 2.28 bits per heavy atom. The zero-order valence-electron chi connectivity index (χ0n) is 27.3. The number of aryl methyl sites for hydroxylation is 2. The second-order valence-electron chi connectivity index (χ2n) is 12.1. The van der Waals surface area contributed by atoms with E-state index in [9.17, 15) is 9.59 Å². The molecule has 9 rings (SSSR count). The maximum Gasteiger partial charge on any atom is 0.345 e. The van der Waals surface area contributed by atoms with Crippen LogP contribution < -0.4 is 30.7 Å². The van der Waals surface area contributed by atoms with Gasteiger partial charge in [-0.15, -0.1) is 9.13 Å². The Bertz CT molecular complexity index is 2770. The zero-order valence-corrected chi connectivity index (χ0v) is 27.3. The van der Waals surface area contributed by atoms with Crippen LogP contribution in [0.3, 0.4) is 0 Å². The van der Waals surface area contributed by atoms with Crippen LogP contribution >= 0.6 is 0 Å². The summed E-state index contributed by atoms with van der Waals surface area (Å²) in [6, 6.07) is 22.7. The number of nitrogens with zero attached hydrogens (tertiary/aromatic N) is 7. The maximum atomic E-state index is 11.8. The van der Waals surface area contributed by atoms with Crippen LogP contribution in [0.2, 0.25) is 0 Å². The molecule has 3 N–H and O–H groups in total. The minimum Gasteiger partial charge on any atom is -0.383 e. The van der Waals surface area contributed by atoms with E-state index >= 15 is 0 Å². The third-order valence-electron chi connectivity index (χ3n) is 8.77. The lowest BCUT2D eigenvalue weighted by molar-refractivity contribution is -0.877. The number of pyridine rings is 3. The van der Waals surface area contributed by atoms with Crippen LogP contribution in [0.15, 0.2) is 114 Å². The number of nitrogens with one attached hydrogen (secondary N) is 1. The monoisotopic (exact) mass is 656 g/mol. The van der Waals surface area contributed by atoms with E-state index in [4.69, 9.17) is 5.73 Å². The van der Waals surface area contributed by atoms with Crippen LogP contribution in [0, 0.1) is 23.7 Å². The van der Waals surface area contributed by atoms with Crippen molar-refractivity contribution in [1.29, 1.82) is 0 Å². The fourth-order valence-electron chi connectivity index (χ4n) is 6.31. The highest BCUT2D eigenvalue weighted by molar-refractivity contribution is 5.92. The molecule has 0 fully saturated rings. The van der Waals surface area contributed by atoms with Crippen LogP contribution in [0.25, 0.3) is 33.7 Å². The van der Waals surface area contributed by atoms with Gasteiger partial charge < -0.3 is 14.9 Å². The highest BCUT2D eigenvalue weighted by Crippen LogP contribution is 2.26. The molecule has 0 unspecified atom stereocenters. The molecule has 0 spiro atoms. The van der Waals surface area contributed by atoms with Crippen LogP contribution in [-0.2, 0) is 27.3 Å². The number of aromatic nitrogens is 8. The van der Waals surface area contributed by atoms with E-state index in [0.717, 1.165) is 52.3 Å². The summed E-state index contributed by atoms with van der Waals surface area (Å²) in [5.41, 5.74) is 14.9. The molecule has 240 valence electrons. The van der Waals surface area contributed by atoms with Gasteiger partial charge in [-0.1, -0.05) is 41.9 Å². The normalized spacial score (nSPS) is 11.6. The molecule has 0 atom stereocenters. The molecular formula is C39H30N9O2+3. The van der Waals surface area contributed by atoms with Crippen molar-refractivity contribution < 1.29 is 13.7 Å². The van der Waals surface area contributed by atoms with Crippen LogP contribution in [-0.4, -0.2) is 24.1 Å². The van der Waals surface area contributed by atoms with Gasteiger partial charge >= 0.3 is 12.4 Å². The quantitative estimate of drug-likeness (QED) is 0.191. The average Bonchev–Trinajstić information content (AvgIpc) is 3.79. The molecule has 2 aliphatic rings. The fraction of sp³-hybridized carbons (Fsp3) is 0.103. The van der Waals surface area contributed by atoms with Crippen molar-refractivity contribution in [2.75, 3.05) is 5.73 Å². The van der Waals surface area contributed by atoms with Crippen molar-refractivity contribution in [3.05, 3.63) is 153 Å². The zero-order chi connectivity index (χ0) is 34.4. The topological polar surface area (TPSA) is 123 Å². The Kier molecular flexibility index (Phi) is 7.35. The Labute approximate surface area is 286 Å². The SMILES string of the molecule is Cn1cc(C#Cc2ccc3[n+](c2)C[n+]2ccccc2-3)c(=O)[nH]c1=O.Cn1cc(C#Cc2ccc3[n+](c2)Cc2ccccc2-3)c2c(N)ncnc21. The summed E-state index contributed by atoms with van der Waals surface area (Å²) in [6.45, 7) is 1.62. The minimum absolute atomic E-state index is 0.264. The van der Waals surface area contributed by atoms with Crippen molar-refractivity contribution in [2.45, 2.75) is 13.2 Å². The number of aromatic amines is 1. The first-order chi connectivity index (χ1) is 24.3. The number of benzene rings is 1. The third-order valence-corrected chi connectivity index (χ3v) is 8.77. The van der Waals surface area contributed by atoms with Gasteiger partial charge in [0.1, 0.15) is 23.4 Å². The molecule has 0 amide bonds. The molecular weight excluding hydrogens is 626 g/mol. The molecule has 11 heteroatoms. The summed E-state index contributed by atoms with van der Waals surface area (Å²) < 4.78 is 9.74. The number of nitrogen functional groups attached to an aromatic ring is 1. The predicted octanol–water partition coefficient (Wildman–Crippen LogP) is 1.80. The molecule has 50 heavy (non-hydrogen) atoms. The van der Waals surface area contributed by atoms with E-state index in [2.05, 4.69) is 101 Å².